The number of thiazole rings is 2. The Balaban J connectivity index is 0.000000176. The Bertz CT molecular complexity index is 3930. The lowest BCUT2D eigenvalue weighted by atomic mass is 9.84. The van der Waals surface area contributed by atoms with Crippen molar-refractivity contribution in [2.75, 3.05) is 41.4 Å². The maximum atomic E-state index is 13.9. The fourth-order valence-corrected chi connectivity index (χ4v) is 16.1. The number of rotatable bonds is 11. The van der Waals surface area contributed by atoms with Crippen molar-refractivity contribution in [2.45, 2.75) is 155 Å². The van der Waals surface area contributed by atoms with Crippen molar-refractivity contribution in [3.8, 4) is 44.4 Å². The summed E-state index contributed by atoms with van der Waals surface area (Å²) in [6, 6.07) is 11.6. The lowest BCUT2D eigenvalue weighted by Gasteiger charge is -2.25. The number of fused-ring (bicyclic) bond motifs is 6. The van der Waals surface area contributed by atoms with Crippen LogP contribution in [0, 0.1) is 54.8 Å². The molecule has 4 saturated carbocycles. The van der Waals surface area contributed by atoms with Gasteiger partial charge in [0, 0.05) is 90.2 Å². The zero-order valence-electron chi connectivity index (χ0n) is 53.8. The van der Waals surface area contributed by atoms with Gasteiger partial charge in [0.05, 0.1) is 59.8 Å². The van der Waals surface area contributed by atoms with Gasteiger partial charge in [0.15, 0.2) is 11.4 Å². The van der Waals surface area contributed by atoms with Crippen molar-refractivity contribution < 1.29 is 52.8 Å². The number of aryl methyl sites for hydroxylation is 2. The van der Waals surface area contributed by atoms with Gasteiger partial charge in [0.2, 0.25) is 11.8 Å². The van der Waals surface area contributed by atoms with Crippen molar-refractivity contribution in [3.05, 3.63) is 94.0 Å². The zero-order chi connectivity index (χ0) is 64.2. The second-order valence-corrected chi connectivity index (χ2v) is 28.5. The molecule has 6 aromatic rings. The van der Waals surface area contributed by atoms with E-state index in [1.165, 1.54) is 11.3 Å². The summed E-state index contributed by atoms with van der Waals surface area (Å²) in [5.74, 6) is 0.400. The number of aliphatic imine (C=N–C) groups is 1. The van der Waals surface area contributed by atoms with E-state index >= 15 is 0 Å². The molecule has 4 fully saturated rings. The van der Waals surface area contributed by atoms with E-state index in [1.54, 1.807) is 37.5 Å². The second-order valence-electron chi connectivity index (χ2n) is 26.8. The Labute approximate surface area is 539 Å². The molecular formula is C71H83N7O11S2. The number of amides is 2. The lowest BCUT2D eigenvalue weighted by Crippen LogP contribution is -2.38. The Kier molecular flexibility index (Phi) is 18.0. The first-order valence-electron chi connectivity index (χ1n) is 32.3. The molecule has 1 N–H and O–H groups in total. The number of allylic oxidation sites excluding steroid dienone is 3. The molecule has 91 heavy (non-hydrogen) atoms. The minimum absolute atomic E-state index is 0.0515. The standard InChI is InChI=1S/C36H43N3O6S.C35H40N4O5S/c1-20(2)28-19-46-33(38-28)27-16-31(24-11-12-30(44-5)21(3)32(24)37-27)45-23-14-25-26(15-23)34(41)39(4)13-9-7-6-8-10-22-17-36(22,35(42)43)18-29(25)40;1-19(2)27-18-45-32(37-27)26-16-29(23-11-12-28(42-5)20(3)30(23)36-26)43-22-14-24-25(15-22)33(40)39(4)13-9-7-6-8-10-21-17-35(21)34(41)44-31(24)38-35/h8,10-12,16,19-20,22-23,25-26H,6-7,9,13-15,17-18H2,1-5H3,(H,42,43);8,10-12,16,18-19,21-22,24-25H,6-7,9,13-15,17H2,1-5H3/b2*10-8-/t22-,23-,25-,26-,36-;21-,22-,24?,25-,35-/m11/s1. The third kappa shape index (κ3) is 12.5. The van der Waals surface area contributed by atoms with Crippen LogP contribution in [0.5, 0.6) is 23.0 Å². The van der Waals surface area contributed by atoms with E-state index in [9.17, 15) is 29.1 Å². The number of ether oxygens (including phenoxy) is 5. The number of ketones is 1. The number of hydrogen-bond donors (Lipinski definition) is 1. The summed E-state index contributed by atoms with van der Waals surface area (Å²) in [5, 5.41) is 17.6. The third-order valence-corrected chi connectivity index (χ3v) is 21.8. The SMILES string of the molecule is COc1ccc2c(O[C@@H]3CC4C5=N[C@@]6(C[C@H]6/C=C\CCCCN(C)C(=O)[C@@H]4C3)C(=O)O5)cc(-c3nc(C(C)C)cs3)nc2c1C.COc1ccc2c(O[C@@H]3C[C@H]4C(=O)C[C@]5(C(=O)O)C[C@H]5/C=C\CCCCN(C)C(=O)[C@@H]4C3)cc(-c3nc(C(C)C)cs3)nc2c1C. The van der Waals surface area contributed by atoms with Crippen LogP contribution in [0.4, 0.5) is 0 Å². The summed E-state index contributed by atoms with van der Waals surface area (Å²) in [4.78, 5) is 95.3. The highest BCUT2D eigenvalue weighted by molar-refractivity contribution is 7.13. The lowest BCUT2D eigenvalue weighted by molar-refractivity contribution is -0.147. The molecule has 2 aromatic carbocycles. The summed E-state index contributed by atoms with van der Waals surface area (Å²) in [6.07, 6.45) is 15.9. The second kappa shape index (κ2) is 25.8. The number of nitrogens with zero attached hydrogens (tertiary/aromatic N) is 7. The molecule has 13 rings (SSSR count). The molecule has 1 spiro atoms. The molecule has 7 heterocycles. The quantitative estimate of drug-likeness (QED) is 0.0941. The van der Waals surface area contributed by atoms with Gasteiger partial charge in [-0.25, -0.2) is 29.7 Å². The number of aliphatic carboxylic acids is 1. The first-order valence-corrected chi connectivity index (χ1v) is 34.1. The number of Topliss-reactive ketones (excluding diaryl/α,β-unsaturated/α-hetero) is 1. The maximum absolute atomic E-state index is 13.9. The topological polar surface area (TPSA) is 222 Å². The summed E-state index contributed by atoms with van der Waals surface area (Å²) in [7, 11) is 6.96. The van der Waals surface area contributed by atoms with Crippen LogP contribution in [-0.2, 0) is 28.7 Å². The van der Waals surface area contributed by atoms with Crippen LogP contribution < -0.4 is 18.9 Å². The largest absolute Gasteiger partial charge is 0.496 e. The van der Waals surface area contributed by atoms with Crippen LogP contribution in [-0.4, -0.2) is 129 Å². The normalized spacial score (nSPS) is 28.2. The minimum Gasteiger partial charge on any atom is -0.496 e. The van der Waals surface area contributed by atoms with Gasteiger partial charge in [0.1, 0.15) is 62.4 Å². The number of aromatic nitrogens is 4. The predicted molar refractivity (Wildman–Crippen MR) is 351 cm³/mol. The van der Waals surface area contributed by atoms with E-state index in [2.05, 4.69) is 50.6 Å². The molecule has 480 valence electrons. The number of carboxylic acid groups (broad SMARTS) is 1. The number of carbonyl (C=O) groups is 5. The van der Waals surface area contributed by atoms with Crippen molar-refractivity contribution >= 4 is 79.9 Å². The van der Waals surface area contributed by atoms with Gasteiger partial charge in [-0.2, -0.15) is 0 Å². The average Bonchev–Trinajstić information content (AvgIpc) is 1.57. The number of esters is 1. The number of benzene rings is 2. The van der Waals surface area contributed by atoms with Crippen LogP contribution in [0.25, 0.3) is 43.2 Å². The van der Waals surface area contributed by atoms with E-state index in [1.807, 2.05) is 74.3 Å². The summed E-state index contributed by atoms with van der Waals surface area (Å²) in [6.45, 7) is 13.7. The Hall–Kier alpha value is -7.58. The molecular weight excluding hydrogens is 1190 g/mol. The molecule has 10 atom stereocenters. The maximum Gasteiger partial charge on any atom is 0.341 e. The van der Waals surface area contributed by atoms with Crippen LogP contribution in [0.15, 0.2) is 76.5 Å². The number of hydrogen-bond acceptors (Lipinski definition) is 17. The van der Waals surface area contributed by atoms with Crippen molar-refractivity contribution in [1.82, 2.24) is 29.7 Å². The Morgan fingerprint density at radius 1 is 0.637 bits per heavy atom. The number of carbonyl (C=O) groups excluding carboxylic acids is 4. The van der Waals surface area contributed by atoms with Gasteiger partial charge in [-0.15, -0.1) is 22.7 Å². The smallest absolute Gasteiger partial charge is 0.341 e. The third-order valence-electron chi connectivity index (χ3n) is 20.0. The van der Waals surface area contributed by atoms with Crippen LogP contribution >= 0.6 is 22.7 Å². The van der Waals surface area contributed by atoms with Crippen LogP contribution in [0.1, 0.15) is 146 Å². The van der Waals surface area contributed by atoms with Crippen LogP contribution in [0.2, 0.25) is 0 Å². The fraction of sp³-hybridized carbons (Fsp3) is 0.521. The van der Waals surface area contributed by atoms with Gasteiger partial charge < -0.3 is 38.6 Å². The van der Waals surface area contributed by atoms with Crippen molar-refractivity contribution in [1.29, 1.82) is 0 Å². The first kappa shape index (κ1) is 63.6. The van der Waals surface area contributed by atoms with Gasteiger partial charge in [-0.3, -0.25) is 19.2 Å². The Morgan fingerprint density at radius 2 is 1.12 bits per heavy atom. The summed E-state index contributed by atoms with van der Waals surface area (Å²) >= 11 is 3.11. The van der Waals surface area contributed by atoms with Gasteiger partial charge in [-0.1, -0.05) is 52.0 Å². The summed E-state index contributed by atoms with van der Waals surface area (Å²) in [5.41, 5.74) is 4.89. The van der Waals surface area contributed by atoms with E-state index < -0.39 is 34.9 Å². The number of methoxy groups -OCH3 is 2. The Morgan fingerprint density at radius 3 is 1.60 bits per heavy atom. The van der Waals surface area contributed by atoms with E-state index in [4.69, 9.17) is 48.6 Å². The van der Waals surface area contributed by atoms with Gasteiger partial charge >= 0.3 is 11.9 Å². The number of pyridine rings is 2. The average molecular weight is 1270 g/mol. The van der Waals surface area contributed by atoms with Gasteiger partial charge in [0.25, 0.3) is 0 Å². The molecule has 3 aliphatic heterocycles. The molecule has 7 aliphatic rings. The molecule has 20 heteroatoms. The van der Waals surface area contributed by atoms with E-state index in [0.717, 1.165) is 110 Å². The highest BCUT2D eigenvalue weighted by Gasteiger charge is 2.65. The van der Waals surface area contributed by atoms with Crippen molar-refractivity contribution in [3.63, 3.8) is 0 Å². The molecule has 18 nitrogen and oxygen atoms in total. The van der Waals surface area contributed by atoms with Crippen LogP contribution in [0.3, 0.4) is 0 Å². The molecule has 2 bridgehead atoms. The fourth-order valence-electron chi connectivity index (χ4n) is 14.2. The predicted octanol–water partition coefficient (Wildman–Crippen LogP) is 13.3. The molecule has 4 aromatic heterocycles. The molecule has 4 aliphatic carbocycles. The highest BCUT2D eigenvalue weighted by Crippen LogP contribution is 2.58. The molecule has 2 amide bonds. The first-order chi connectivity index (χ1) is 43.7. The minimum atomic E-state index is -1.08. The monoisotopic (exact) mass is 1270 g/mol. The van der Waals surface area contributed by atoms with Gasteiger partial charge in [-0.05, 0) is 133 Å². The zero-order valence-corrected chi connectivity index (χ0v) is 55.4. The van der Waals surface area contributed by atoms with E-state index in [-0.39, 0.29) is 65.7 Å². The highest BCUT2D eigenvalue weighted by atomic mass is 32.1. The molecule has 0 radical (unpaired) electrons. The van der Waals surface area contributed by atoms with Crippen molar-refractivity contribution in [2.24, 2.45) is 45.9 Å². The number of carboxylic acids is 1. The van der Waals surface area contributed by atoms with E-state index in [0.29, 0.717) is 80.6 Å². The summed E-state index contributed by atoms with van der Waals surface area (Å²) < 4.78 is 30.7. The molecule has 0 saturated heterocycles. The molecule has 1 unspecified atom stereocenters.